The van der Waals surface area contributed by atoms with E-state index >= 15 is 0 Å². The molecule has 0 unspecified atom stereocenters. The van der Waals surface area contributed by atoms with Gasteiger partial charge in [-0.1, -0.05) is 60.7 Å². The van der Waals surface area contributed by atoms with E-state index in [0.29, 0.717) is 19.5 Å². The van der Waals surface area contributed by atoms with Crippen molar-refractivity contribution in [3.63, 3.8) is 0 Å². The summed E-state index contributed by atoms with van der Waals surface area (Å²) < 4.78 is 0. The molecule has 5 nitrogen and oxygen atoms in total. The van der Waals surface area contributed by atoms with Crippen LogP contribution in [0.3, 0.4) is 0 Å². The van der Waals surface area contributed by atoms with Crippen LogP contribution >= 0.6 is 0 Å². The average molecular weight is 354 g/mol. The number of rotatable bonds is 9. The topological polar surface area (TPSA) is 69.6 Å². The van der Waals surface area contributed by atoms with Crippen LogP contribution in [0.5, 0.6) is 0 Å². The van der Waals surface area contributed by atoms with Gasteiger partial charge in [-0.05, 0) is 24.5 Å². The molecule has 0 aliphatic heterocycles. The highest BCUT2D eigenvalue weighted by Crippen LogP contribution is 2.12. The molecule has 0 aliphatic rings. The highest BCUT2D eigenvalue weighted by atomic mass is 16.3. The van der Waals surface area contributed by atoms with Gasteiger partial charge in [-0.15, -0.1) is 0 Å². The predicted molar refractivity (Wildman–Crippen MR) is 101 cm³/mol. The second-order valence-electron chi connectivity index (χ2n) is 6.21. The van der Waals surface area contributed by atoms with E-state index in [0.717, 1.165) is 11.1 Å². The molecule has 26 heavy (non-hydrogen) atoms. The Morgan fingerprint density at radius 2 is 1.58 bits per heavy atom. The van der Waals surface area contributed by atoms with Crippen molar-refractivity contribution >= 4 is 11.8 Å². The van der Waals surface area contributed by atoms with Gasteiger partial charge in [-0.25, -0.2) is 0 Å². The molecule has 0 saturated heterocycles. The Hall–Kier alpha value is -2.66. The fourth-order valence-electron chi connectivity index (χ4n) is 2.67. The highest BCUT2D eigenvalue weighted by molar-refractivity contribution is 5.88. The molecule has 2 N–H and O–H groups in total. The third-order valence-corrected chi connectivity index (χ3v) is 4.20. The summed E-state index contributed by atoms with van der Waals surface area (Å²) in [4.78, 5) is 26.9. The SMILES string of the molecule is C[C@H](C(=O)NCCCO)N(Cc1ccccc1)C(=O)Cc1ccccc1. The maximum atomic E-state index is 12.9. The first-order valence-corrected chi connectivity index (χ1v) is 8.87. The third kappa shape index (κ3) is 6.01. The predicted octanol–water partition coefficient (Wildman–Crippen LogP) is 2.14. The van der Waals surface area contributed by atoms with Gasteiger partial charge < -0.3 is 15.3 Å². The van der Waals surface area contributed by atoms with Gasteiger partial charge in [-0.3, -0.25) is 9.59 Å². The zero-order chi connectivity index (χ0) is 18.8. The van der Waals surface area contributed by atoms with Crippen molar-refractivity contribution in [2.24, 2.45) is 0 Å². The Bertz CT molecular complexity index is 689. The number of aliphatic hydroxyl groups excluding tert-OH is 1. The average Bonchev–Trinajstić information content (AvgIpc) is 2.67. The van der Waals surface area contributed by atoms with Crippen molar-refractivity contribution in [2.45, 2.75) is 32.4 Å². The molecule has 0 radical (unpaired) electrons. The normalized spacial score (nSPS) is 11.6. The zero-order valence-corrected chi connectivity index (χ0v) is 15.1. The van der Waals surface area contributed by atoms with Gasteiger partial charge in [0, 0.05) is 19.7 Å². The molecular weight excluding hydrogens is 328 g/mol. The van der Waals surface area contributed by atoms with Gasteiger partial charge in [0.05, 0.1) is 6.42 Å². The highest BCUT2D eigenvalue weighted by Gasteiger charge is 2.25. The number of benzene rings is 2. The van der Waals surface area contributed by atoms with Gasteiger partial charge in [0.15, 0.2) is 0 Å². The minimum Gasteiger partial charge on any atom is -0.396 e. The van der Waals surface area contributed by atoms with E-state index in [-0.39, 0.29) is 24.8 Å². The number of hydrogen-bond acceptors (Lipinski definition) is 3. The molecule has 0 heterocycles. The molecule has 5 heteroatoms. The molecule has 1 atom stereocenters. The van der Waals surface area contributed by atoms with Crippen LogP contribution in [0.1, 0.15) is 24.5 Å². The lowest BCUT2D eigenvalue weighted by Gasteiger charge is -2.29. The van der Waals surface area contributed by atoms with Gasteiger partial charge >= 0.3 is 0 Å². The fraction of sp³-hybridized carbons (Fsp3) is 0.333. The molecule has 2 amide bonds. The summed E-state index contributed by atoms with van der Waals surface area (Å²) in [5, 5.41) is 11.6. The van der Waals surface area contributed by atoms with Crippen molar-refractivity contribution in [3.8, 4) is 0 Å². The molecule has 2 aromatic carbocycles. The minimum absolute atomic E-state index is 0.0231. The first kappa shape index (κ1) is 19.7. The van der Waals surface area contributed by atoms with Crippen molar-refractivity contribution in [1.29, 1.82) is 0 Å². The number of nitrogens with zero attached hydrogens (tertiary/aromatic N) is 1. The lowest BCUT2D eigenvalue weighted by atomic mass is 10.1. The summed E-state index contributed by atoms with van der Waals surface area (Å²) in [5.74, 6) is -0.305. The molecule has 2 rings (SSSR count). The molecule has 0 spiro atoms. The molecule has 138 valence electrons. The Morgan fingerprint density at radius 1 is 1.00 bits per heavy atom. The largest absolute Gasteiger partial charge is 0.396 e. The molecule has 0 aliphatic carbocycles. The number of amides is 2. The number of carbonyl (C=O) groups excluding carboxylic acids is 2. The number of hydrogen-bond donors (Lipinski definition) is 2. The second kappa shape index (κ2) is 10.4. The van der Waals surface area contributed by atoms with E-state index in [1.54, 1.807) is 11.8 Å². The minimum atomic E-state index is -0.592. The maximum Gasteiger partial charge on any atom is 0.242 e. The van der Waals surface area contributed by atoms with E-state index in [4.69, 9.17) is 5.11 Å². The Labute approximate surface area is 154 Å². The molecule has 0 aromatic heterocycles. The van der Waals surface area contributed by atoms with Crippen LogP contribution in [0, 0.1) is 0 Å². The van der Waals surface area contributed by atoms with Crippen LogP contribution in [0.4, 0.5) is 0 Å². The summed E-state index contributed by atoms with van der Waals surface area (Å²) >= 11 is 0. The monoisotopic (exact) mass is 354 g/mol. The Morgan fingerprint density at radius 3 is 2.15 bits per heavy atom. The van der Waals surface area contributed by atoms with Crippen LogP contribution in [0.15, 0.2) is 60.7 Å². The fourth-order valence-corrected chi connectivity index (χ4v) is 2.67. The number of nitrogens with one attached hydrogen (secondary N) is 1. The van der Waals surface area contributed by atoms with Crippen LogP contribution in [0.25, 0.3) is 0 Å². The van der Waals surface area contributed by atoms with E-state index < -0.39 is 6.04 Å². The third-order valence-electron chi connectivity index (χ3n) is 4.20. The molecule has 0 saturated carbocycles. The van der Waals surface area contributed by atoms with Crippen LogP contribution in [-0.4, -0.2) is 41.0 Å². The quantitative estimate of drug-likeness (QED) is 0.678. The van der Waals surface area contributed by atoms with Crippen molar-refractivity contribution < 1.29 is 14.7 Å². The lowest BCUT2D eigenvalue weighted by Crippen LogP contribution is -2.48. The Kier molecular flexibility index (Phi) is 7.83. The van der Waals surface area contributed by atoms with Crippen molar-refractivity contribution in [3.05, 3.63) is 71.8 Å². The van der Waals surface area contributed by atoms with E-state index in [1.165, 1.54) is 0 Å². The zero-order valence-electron chi connectivity index (χ0n) is 15.1. The second-order valence-corrected chi connectivity index (χ2v) is 6.21. The summed E-state index contributed by atoms with van der Waals surface area (Å²) in [7, 11) is 0. The molecular formula is C21H26N2O3. The van der Waals surface area contributed by atoms with Crippen molar-refractivity contribution in [2.75, 3.05) is 13.2 Å². The summed E-state index contributed by atoms with van der Waals surface area (Å²) in [6.45, 7) is 2.53. The van der Waals surface area contributed by atoms with Crippen LogP contribution in [0.2, 0.25) is 0 Å². The first-order valence-electron chi connectivity index (χ1n) is 8.87. The first-order chi connectivity index (χ1) is 12.6. The summed E-state index contributed by atoms with van der Waals surface area (Å²) in [6.07, 6.45) is 0.747. The van der Waals surface area contributed by atoms with Crippen LogP contribution in [-0.2, 0) is 22.6 Å². The summed E-state index contributed by atoms with van der Waals surface area (Å²) in [6, 6.07) is 18.6. The maximum absolute atomic E-state index is 12.9. The van der Waals surface area contributed by atoms with E-state index in [9.17, 15) is 9.59 Å². The van der Waals surface area contributed by atoms with Gasteiger partial charge in [-0.2, -0.15) is 0 Å². The van der Waals surface area contributed by atoms with Crippen molar-refractivity contribution in [1.82, 2.24) is 10.2 Å². The van der Waals surface area contributed by atoms with Gasteiger partial charge in [0.25, 0.3) is 0 Å². The van der Waals surface area contributed by atoms with Gasteiger partial charge in [0.1, 0.15) is 6.04 Å². The molecule has 0 bridgehead atoms. The van der Waals surface area contributed by atoms with E-state index in [2.05, 4.69) is 5.32 Å². The lowest BCUT2D eigenvalue weighted by molar-refractivity contribution is -0.140. The molecule has 2 aromatic rings. The van der Waals surface area contributed by atoms with E-state index in [1.807, 2.05) is 60.7 Å². The number of carbonyl (C=O) groups is 2. The standard InChI is InChI=1S/C21H26N2O3/c1-17(21(26)22-13-8-14-24)23(16-19-11-6-3-7-12-19)20(25)15-18-9-4-2-5-10-18/h2-7,9-12,17,24H,8,13-16H2,1H3,(H,22,26)/t17-/m1/s1. The van der Waals surface area contributed by atoms with Gasteiger partial charge in [0.2, 0.25) is 11.8 Å². The smallest absolute Gasteiger partial charge is 0.242 e. The Balaban J connectivity index is 2.12. The summed E-state index contributed by atoms with van der Waals surface area (Å²) in [5.41, 5.74) is 1.90. The molecule has 0 fully saturated rings. The number of aliphatic hydroxyl groups is 1. The van der Waals surface area contributed by atoms with Crippen LogP contribution < -0.4 is 5.32 Å².